The number of nitrogens with one attached hydrogen (secondary N) is 1. The summed E-state index contributed by atoms with van der Waals surface area (Å²) in [5, 5.41) is 3.99. The van der Waals surface area contributed by atoms with E-state index >= 15 is 0 Å². The van der Waals surface area contributed by atoms with E-state index in [4.69, 9.17) is 4.74 Å². The second-order valence-corrected chi connectivity index (χ2v) is 10.00. The van der Waals surface area contributed by atoms with Crippen LogP contribution in [0.25, 0.3) is 0 Å². The molecule has 0 aromatic heterocycles. The van der Waals surface area contributed by atoms with Gasteiger partial charge in [0.15, 0.2) is 0 Å². The molecule has 0 aliphatic rings. The third-order valence-corrected chi connectivity index (χ3v) is 7.05. The van der Waals surface area contributed by atoms with Gasteiger partial charge in [0.2, 0.25) is 0 Å². The van der Waals surface area contributed by atoms with E-state index in [1.807, 2.05) is 31.2 Å². The first kappa shape index (κ1) is 25.0. The van der Waals surface area contributed by atoms with Crippen molar-refractivity contribution in [2.75, 3.05) is 18.0 Å². The highest BCUT2D eigenvalue weighted by Crippen LogP contribution is 2.26. The quantitative estimate of drug-likeness (QED) is 0.362. The number of hydrazone groups is 1. The molecular weight excluding hydrogens is 450 g/mol. The number of methoxy groups -OCH3 is 1. The SMILES string of the molecule is COc1ccc(N(CC(=O)NN=Cc2ccc(C(C)C)cc2)S(=O)(=O)c2ccc(C)cc2)cc1. The first-order valence-corrected chi connectivity index (χ1v) is 12.3. The van der Waals surface area contributed by atoms with Crippen molar-refractivity contribution in [1.29, 1.82) is 0 Å². The van der Waals surface area contributed by atoms with Crippen LogP contribution in [-0.4, -0.2) is 34.2 Å². The summed E-state index contributed by atoms with van der Waals surface area (Å²) in [4.78, 5) is 12.8. The van der Waals surface area contributed by atoms with Gasteiger partial charge in [-0.1, -0.05) is 55.8 Å². The fourth-order valence-corrected chi connectivity index (χ4v) is 4.63. The zero-order valence-electron chi connectivity index (χ0n) is 19.7. The topological polar surface area (TPSA) is 88.1 Å². The highest BCUT2D eigenvalue weighted by Gasteiger charge is 2.27. The van der Waals surface area contributed by atoms with E-state index in [0.29, 0.717) is 17.4 Å². The van der Waals surface area contributed by atoms with E-state index in [0.717, 1.165) is 15.4 Å². The van der Waals surface area contributed by atoms with Gasteiger partial charge in [-0.05, 0) is 60.4 Å². The van der Waals surface area contributed by atoms with Crippen molar-refractivity contribution < 1.29 is 17.9 Å². The van der Waals surface area contributed by atoms with Crippen molar-refractivity contribution in [2.24, 2.45) is 5.10 Å². The minimum Gasteiger partial charge on any atom is -0.497 e. The molecule has 0 saturated heterocycles. The predicted octanol–water partition coefficient (Wildman–Crippen LogP) is 4.47. The van der Waals surface area contributed by atoms with Crippen LogP contribution in [0.15, 0.2) is 82.8 Å². The Kier molecular flexibility index (Phi) is 8.07. The monoisotopic (exact) mass is 479 g/mol. The Balaban J connectivity index is 1.80. The van der Waals surface area contributed by atoms with E-state index in [1.54, 1.807) is 36.4 Å². The first-order chi connectivity index (χ1) is 16.2. The molecule has 7 nitrogen and oxygen atoms in total. The Labute approximate surface area is 201 Å². The average molecular weight is 480 g/mol. The van der Waals surface area contributed by atoms with Gasteiger partial charge in [0.25, 0.3) is 15.9 Å². The highest BCUT2D eigenvalue weighted by atomic mass is 32.2. The van der Waals surface area contributed by atoms with E-state index < -0.39 is 22.5 Å². The minimum atomic E-state index is -4.00. The van der Waals surface area contributed by atoms with Crippen LogP contribution in [0.1, 0.15) is 36.5 Å². The molecule has 1 N–H and O–H groups in total. The molecule has 0 spiro atoms. The molecule has 1 amide bonds. The largest absolute Gasteiger partial charge is 0.497 e. The van der Waals surface area contributed by atoms with Gasteiger partial charge in [0.05, 0.1) is 23.9 Å². The Bertz CT molecular complexity index is 1230. The Hall–Kier alpha value is -3.65. The molecule has 0 saturated carbocycles. The summed E-state index contributed by atoms with van der Waals surface area (Å²) in [6, 6.07) is 20.8. The molecule has 3 aromatic carbocycles. The lowest BCUT2D eigenvalue weighted by molar-refractivity contribution is -0.119. The maximum Gasteiger partial charge on any atom is 0.264 e. The molecule has 8 heteroatoms. The lowest BCUT2D eigenvalue weighted by Gasteiger charge is -2.24. The van der Waals surface area contributed by atoms with Crippen LogP contribution in [0.5, 0.6) is 5.75 Å². The Morgan fingerprint density at radius 3 is 2.18 bits per heavy atom. The summed E-state index contributed by atoms with van der Waals surface area (Å²) in [6.45, 7) is 5.66. The third kappa shape index (κ3) is 6.23. The second-order valence-electron chi connectivity index (χ2n) is 8.14. The van der Waals surface area contributed by atoms with Crippen molar-refractivity contribution in [2.45, 2.75) is 31.6 Å². The zero-order chi connectivity index (χ0) is 24.7. The molecule has 178 valence electrons. The fourth-order valence-electron chi connectivity index (χ4n) is 3.21. The molecule has 0 unspecified atom stereocenters. The molecule has 3 aromatic rings. The molecule has 0 fully saturated rings. The van der Waals surface area contributed by atoms with Crippen molar-refractivity contribution in [3.05, 3.63) is 89.5 Å². The van der Waals surface area contributed by atoms with E-state index in [9.17, 15) is 13.2 Å². The number of aryl methyl sites for hydroxylation is 1. The minimum absolute atomic E-state index is 0.0930. The lowest BCUT2D eigenvalue weighted by atomic mass is 10.0. The molecule has 3 rings (SSSR count). The normalized spacial score (nSPS) is 11.6. The number of benzene rings is 3. The number of ether oxygens (including phenoxy) is 1. The van der Waals surface area contributed by atoms with Crippen LogP contribution >= 0.6 is 0 Å². The summed E-state index contributed by atoms with van der Waals surface area (Å²) >= 11 is 0. The van der Waals surface area contributed by atoms with Crippen molar-refractivity contribution in [1.82, 2.24) is 5.43 Å². The summed E-state index contributed by atoms with van der Waals surface area (Å²) in [7, 11) is -2.47. The van der Waals surface area contributed by atoms with Crippen LogP contribution in [0.4, 0.5) is 5.69 Å². The number of carbonyl (C=O) groups is 1. The number of hydrogen-bond donors (Lipinski definition) is 1. The van der Waals surface area contributed by atoms with Crippen molar-refractivity contribution in [3.8, 4) is 5.75 Å². The maximum atomic E-state index is 13.4. The van der Waals surface area contributed by atoms with E-state index in [-0.39, 0.29) is 4.90 Å². The Morgan fingerprint density at radius 2 is 1.62 bits per heavy atom. The summed E-state index contributed by atoms with van der Waals surface area (Å²) < 4.78 is 33.0. The third-order valence-electron chi connectivity index (χ3n) is 5.26. The highest BCUT2D eigenvalue weighted by molar-refractivity contribution is 7.92. The van der Waals surface area contributed by atoms with Crippen molar-refractivity contribution >= 4 is 27.8 Å². The standard InChI is InChI=1S/C26H29N3O4S/c1-19(2)22-9-7-21(8-10-22)17-27-28-26(30)18-29(23-11-13-24(33-4)14-12-23)34(31,32)25-15-5-20(3)6-16-25/h5-17,19H,18H2,1-4H3,(H,28,30). The fraction of sp³-hybridized carbons (Fsp3) is 0.231. The van der Waals surface area contributed by atoms with Gasteiger partial charge in [-0.3, -0.25) is 9.10 Å². The van der Waals surface area contributed by atoms with Crippen LogP contribution in [-0.2, 0) is 14.8 Å². The van der Waals surface area contributed by atoms with E-state index in [2.05, 4.69) is 24.4 Å². The number of amides is 1. The van der Waals surface area contributed by atoms with Gasteiger partial charge in [0, 0.05) is 0 Å². The molecule has 34 heavy (non-hydrogen) atoms. The van der Waals surface area contributed by atoms with Crippen LogP contribution in [0, 0.1) is 6.92 Å². The lowest BCUT2D eigenvalue weighted by Crippen LogP contribution is -2.39. The number of anilines is 1. The molecule has 0 bridgehead atoms. The molecule has 0 heterocycles. The smallest absolute Gasteiger partial charge is 0.264 e. The molecule has 0 radical (unpaired) electrons. The number of carbonyl (C=O) groups excluding carboxylic acids is 1. The second kappa shape index (κ2) is 11.0. The number of nitrogens with zero attached hydrogens (tertiary/aromatic N) is 2. The number of hydrogen-bond acceptors (Lipinski definition) is 5. The summed E-state index contributed by atoms with van der Waals surface area (Å²) in [5.74, 6) is 0.431. The molecule has 0 aliphatic heterocycles. The number of sulfonamides is 1. The number of rotatable bonds is 9. The van der Waals surface area contributed by atoms with E-state index in [1.165, 1.54) is 31.0 Å². The molecule has 0 aliphatic carbocycles. The zero-order valence-corrected chi connectivity index (χ0v) is 20.5. The average Bonchev–Trinajstić information content (AvgIpc) is 2.83. The molecular formula is C26H29N3O4S. The van der Waals surface area contributed by atoms with Crippen LogP contribution in [0.2, 0.25) is 0 Å². The first-order valence-electron chi connectivity index (χ1n) is 10.9. The summed E-state index contributed by atoms with van der Waals surface area (Å²) in [6.07, 6.45) is 1.52. The summed E-state index contributed by atoms with van der Waals surface area (Å²) in [5.41, 5.74) is 5.72. The maximum absolute atomic E-state index is 13.4. The van der Waals surface area contributed by atoms with Gasteiger partial charge >= 0.3 is 0 Å². The molecule has 0 atom stereocenters. The predicted molar refractivity (Wildman–Crippen MR) is 135 cm³/mol. The van der Waals surface area contributed by atoms with Crippen molar-refractivity contribution in [3.63, 3.8) is 0 Å². The van der Waals surface area contributed by atoms with Gasteiger partial charge in [-0.2, -0.15) is 5.10 Å². The van der Waals surface area contributed by atoms with Gasteiger partial charge in [-0.15, -0.1) is 0 Å². The van der Waals surface area contributed by atoms with Gasteiger partial charge in [0.1, 0.15) is 12.3 Å². The van der Waals surface area contributed by atoms with Crippen LogP contribution < -0.4 is 14.5 Å². The Morgan fingerprint density at radius 1 is 1.00 bits per heavy atom. The van der Waals surface area contributed by atoms with Gasteiger partial charge in [-0.25, -0.2) is 13.8 Å². The van der Waals surface area contributed by atoms with Crippen LogP contribution in [0.3, 0.4) is 0 Å². The van der Waals surface area contributed by atoms with Gasteiger partial charge < -0.3 is 4.74 Å².